The maximum atomic E-state index is 12.9. The highest BCUT2D eigenvalue weighted by Gasteiger charge is 2.48. The molecule has 2 aromatic rings. The molecule has 4 heteroatoms. The van der Waals surface area contributed by atoms with Crippen LogP contribution in [0.3, 0.4) is 0 Å². The molecule has 2 heterocycles. The molecule has 2 aliphatic rings. The van der Waals surface area contributed by atoms with E-state index in [2.05, 4.69) is 0 Å². The van der Waals surface area contributed by atoms with Crippen LogP contribution in [0, 0.1) is 11.8 Å². The number of benzene rings is 2. The summed E-state index contributed by atoms with van der Waals surface area (Å²) in [5, 5.41) is 2.08. The SMILES string of the molecule is C[C@@H]1C2C=CC(O2)[C@@H]1C(=O)N(C=O)c1ccc2ccccc2c1. The van der Waals surface area contributed by atoms with E-state index in [0.717, 1.165) is 10.8 Å². The third kappa shape index (κ3) is 2.18. The monoisotopic (exact) mass is 307 g/mol. The van der Waals surface area contributed by atoms with Crippen molar-refractivity contribution in [3.05, 3.63) is 54.6 Å². The Kier molecular flexibility index (Phi) is 3.27. The summed E-state index contributed by atoms with van der Waals surface area (Å²) in [6, 6.07) is 13.5. The number of hydrogen-bond donors (Lipinski definition) is 0. The number of ether oxygens (including phenoxy) is 1. The van der Waals surface area contributed by atoms with Crippen LogP contribution in [-0.4, -0.2) is 24.5 Å². The lowest BCUT2D eigenvalue weighted by atomic mass is 9.83. The molecule has 1 saturated heterocycles. The topological polar surface area (TPSA) is 46.6 Å². The molecule has 2 bridgehead atoms. The highest BCUT2D eigenvalue weighted by molar-refractivity contribution is 6.09. The van der Waals surface area contributed by atoms with Crippen LogP contribution in [0.25, 0.3) is 10.8 Å². The van der Waals surface area contributed by atoms with Crippen molar-refractivity contribution in [2.24, 2.45) is 11.8 Å². The summed E-state index contributed by atoms with van der Waals surface area (Å²) in [5.74, 6) is -0.415. The fourth-order valence-electron chi connectivity index (χ4n) is 3.59. The van der Waals surface area contributed by atoms with Gasteiger partial charge in [0, 0.05) is 5.92 Å². The van der Waals surface area contributed by atoms with Gasteiger partial charge < -0.3 is 4.74 Å². The molecular formula is C19H17NO3. The van der Waals surface area contributed by atoms with Gasteiger partial charge in [-0.15, -0.1) is 0 Å². The van der Waals surface area contributed by atoms with E-state index in [4.69, 9.17) is 4.74 Å². The largest absolute Gasteiger partial charge is 0.366 e. The minimum atomic E-state index is -0.304. The number of nitrogens with zero attached hydrogens (tertiary/aromatic N) is 1. The van der Waals surface area contributed by atoms with E-state index in [0.29, 0.717) is 12.1 Å². The Balaban J connectivity index is 1.68. The Bertz CT molecular complexity index is 813. The molecule has 4 atom stereocenters. The first-order valence-electron chi connectivity index (χ1n) is 7.80. The summed E-state index contributed by atoms with van der Waals surface area (Å²) in [7, 11) is 0. The number of fused-ring (bicyclic) bond motifs is 3. The minimum absolute atomic E-state index is 0.0148. The second-order valence-corrected chi connectivity index (χ2v) is 6.18. The molecule has 4 nitrogen and oxygen atoms in total. The van der Waals surface area contributed by atoms with E-state index < -0.39 is 0 Å². The molecular weight excluding hydrogens is 290 g/mol. The Morgan fingerprint density at radius 2 is 1.83 bits per heavy atom. The van der Waals surface area contributed by atoms with Gasteiger partial charge in [-0.3, -0.25) is 14.5 Å². The Morgan fingerprint density at radius 1 is 1.09 bits per heavy atom. The van der Waals surface area contributed by atoms with Crippen molar-refractivity contribution in [1.29, 1.82) is 0 Å². The molecule has 23 heavy (non-hydrogen) atoms. The van der Waals surface area contributed by atoms with E-state index in [9.17, 15) is 9.59 Å². The van der Waals surface area contributed by atoms with E-state index in [1.165, 1.54) is 4.90 Å². The van der Waals surface area contributed by atoms with Crippen LogP contribution in [0.2, 0.25) is 0 Å². The number of imide groups is 1. The molecule has 4 rings (SSSR count). The van der Waals surface area contributed by atoms with Crippen LogP contribution < -0.4 is 4.90 Å². The molecule has 2 aromatic carbocycles. The molecule has 0 spiro atoms. The van der Waals surface area contributed by atoms with Gasteiger partial charge in [0.15, 0.2) is 0 Å². The Morgan fingerprint density at radius 3 is 2.52 bits per heavy atom. The van der Waals surface area contributed by atoms with Crippen molar-refractivity contribution in [2.45, 2.75) is 19.1 Å². The number of amides is 2. The Hall–Kier alpha value is -2.46. The summed E-state index contributed by atoms with van der Waals surface area (Å²) >= 11 is 0. The van der Waals surface area contributed by atoms with Gasteiger partial charge in [0.05, 0.1) is 23.8 Å². The fourth-order valence-corrected chi connectivity index (χ4v) is 3.59. The lowest BCUT2D eigenvalue weighted by Gasteiger charge is -2.25. The van der Waals surface area contributed by atoms with Gasteiger partial charge in [-0.25, -0.2) is 0 Å². The summed E-state index contributed by atoms with van der Waals surface area (Å²) in [5.41, 5.74) is 0.600. The zero-order chi connectivity index (χ0) is 16.0. The standard InChI is InChI=1S/C19H17NO3/c1-12-16-8-9-17(23-16)18(12)19(22)20(11-21)15-7-6-13-4-2-3-5-14(13)10-15/h2-12,16-18H,1H3/t12-,16?,17?,18-/m1/s1. The first-order chi connectivity index (χ1) is 11.2. The zero-order valence-electron chi connectivity index (χ0n) is 12.8. The number of anilines is 1. The minimum Gasteiger partial charge on any atom is -0.366 e. The van der Waals surface area contributed by atoms with E-state index in [1.54, 1.807) is 0 Å². The van der Waals surface area contributed by atoms with Crippen molar-refractivity contribution in [3.63, 3.8) is 0 Å². The van der Waals surface area contributed by atoms with Gasteiger partial charge in [-0.05, 0) is 22.9 Å². The van der Waals surface area contributed by atoms with Gasteiger partial charge >= 0.3 is 0 Å². The molecule has 116 valence electrons. The molecule has 0 aromatic heterocycles. The highest BCUT2D eigenvalue weighted by Crippen LogP contribution is 2.40. The van der Waals surface area contributed by atoms with Crippen LogP contribution in [0.4, 0.5) is 5.69 Å². The van der Waals surface area contributed by atoms with E-state index >= 15 is 0 Å². The summed E-state index contributed by atoms with van der Waals surface area (Å²) in [6.45, 7) is 2.00. The summed E-state index contributed by atoms with van der Waals surface area (Å²) in [4.78, 5) is 25.7. The Labute approximate surface area is 134 Å². The van der Waals surface area contributed by atoms with E-state index in [-0.39, 0.29) is 30.0 Å². The normalized spacial score (nSPS) is 28.2. The third-order valence-corrected chi connectivity index (χ3v) is 4.88. The van der Waals surface area contributed by atoms with Crippen molar-refractivity contribution in [3.8, 4) is 0 Å². The molecule has 0 N–H and O–H groups in total. The predicted octanol–water partition coefficient (Wildman–Crippen LogP) is 2.92. The maximum Gasteiger partial charge on any atom is 0.240 e. The first-order valence-corrected chi connectivity index (χ1v) is 7.80. The molecule has 2 aliphatic heterocycles. The molecule has 0 radical (unpaired) electrons. The fraction of sp³-hybridized carbons (Fsp3) is 0.263. The van der Waals surface area contributed by atoms with Gasteiger partial charge in [0.25, 0.3) is 0 Å². The van der Waals surface area contributed by atoms with Gasteiger partial charge in [-0.2, -0.15) is 0 Å². The second-order valence-electron chi connectivity index (χ2n) is 6.18. The average Bonchev–Trinajstić information content (AvgIpc) is 3.16. The van der Waals surface area contributed by atoms with Crippen molar-refractivity contribution < 1.29 is 14.3 Å². The van der Waals surface area contributed by atoms with Gasteiger partial charge in [-0.1, -0.05) is 49.4 Å². The summed E-state index contributed by atoms with van der Waals surface area (Å²) in [6.07, 6.45) is 4.30. The van der Waals surface area contributed by atoms with Crippen LogP contribution in [-0.2, 0) is 14.3 Å². The summed E-state index contributed by atoms with van der Waals surface area (Å²) < 4.78 is 5.74. The van der Waals surface area contributed by atoms with Crippen LogP contribution in [0.15, 0.2) is 54.6 Å². The quantitative estimate of drug-likeness (QED) is 0.647. The predicted molar refractivity (Wildman–Crippen MR) is 88.0 cm³/mol. The third-order valence-electron chi connectivity index (χ3n) is 4.88. The first kappa shape index (κ1) is 14.2. The molecule has 0 aliphatic carbocycles. The maximum absolute atomic E-state index is 12.9. The van der Waals surface area contributed by atoms with Crippen LogP contribution in [0.1, 0.15) is 6.92 Å². The smallest absolute Gasteiger partial charge is 0.240 e. The van der Waals surface area contributed by atoms with Crippen LogP contribution >= 0.6 is 0 Å². The number of carbonyl (C=O) groups is 2. The van der Waals surface area contributed by atoms with Crippen molar-refractivity contribution in [1.82, 2.24) is 0 Å². The molecule has 2 unspecified atom stereocenters. The van der Waals surface area contributed by atoms with E-state index in [1.807, 2.05) is 61.5 Å². The number of hydrogen-bond acceptors (Lipinski definition) is 3. The van der Waals surface area contributed by atoms with Crippen molar-refractivity contribution >= 4 is 28.8 Å². The van der Waals surface area contributed by atoms with Gasteiger partial charge in [0.2, 0.25) is 12.3 Å². The second kappa shape index (κ2) is 5.32. The number of rotatable bonds is 3. The van der Waals surface area contributed by atoms with Crippen molar-refractivity contribution in [2.75, 3.05) is 4.90 Å². The lowest BCUT2D eigenvalue weighted by molar-refractivity contribution is -0.126. The average molecular weight is 307 g/mol. The molecule has 2 amide bonds. The molecule has 0 saturated carbocycles. The lowest BCUT2D eigenvalue weighted by Crippen LogP contribution is -2.41. The molecule has 1 fully saturated rings. The zero-order valence-corrected chi connectivity index (χ0v) is 12.8. The van der Waals surface area contributed by atoms with Crippen LogP contribution in [0.5, 0.6) is 0 Å². The van der Waals surface area contributed by atoms with Gasteiger partial charge in [0.1, 0.15) is 0 Å². The highest BCUT2D eigenvalue weighted by atomic mass is 16.5. The number of carbonyl (C=O) groups excluding carboxylic acids is 2.